The fraction of sp³-hybridized carbons (Fsp3) is 0.0833. The van der Waals surface area contributed by atoms with Gasteiger partial charge in [0.15, 0.2) is 6.04 Å². The molecule has 0 radical (unpaired) electrons. The summed E-state index contributed by atoms with van der Waals surface area (Å²) < 4.78 is 0.793. The summed E-state index contributed by atoms with van der Waals surface area (Å²) in [6.45, 7) is 0. The average Bonchev–Trinajstić information content (AvgIpc) is 3.07. The topological polar surface area (TPSA) is 65.4 Å². The van der Waals surface area contributed by atoms with Gasteiger partial charge in [0.1, 0.15) is 0 Å². The Labute approximate surface area is 177 Å². The quantitative estimate of drug-likeness (QED) is 0.386. The molecule has 0 saturated carbocycles. The van der Waals surface area contributed by atoms with Gasteiger partial charge in [0.05, 0.1) is 10.3 Å². The van der Waals surface area contributed by atoms with Crippen LogP contribution in [0.4, 0.5) is 0 Å². The van der Waals surface area contributed by atoms with Gasteiger partial charge in [-0.3, -0.25) is 4.99 Å². The van der Waals surface area contributed by atoms with Crippen molar-refractivity contribution in [3.63, 3.8) is 0 Å². The van der Waals surface area contributed by atoms with Crippen LogP contribution >= 0.6 is 15.9 Å². The number of carboxylic acids is 1. The number of aromatic nitrogens is 1. The van der Waals surface area contributed by atoms with E-state index in [-0.39, 0.29) is 6.42 Å². The molecule has 4 aromatic rings. The fourth-order valence-corrected chi connectivity index (χ4v) is 4.00. The molecule has 1 aromatic heterocycles. The van der Waals surface area contributed by atoms with Crippen LogP contribution in [-0.2, 0) is 11.2 Å². The first-order valence-corrected chi connectivity index (χ1v) is 10.1. The fourth-order valence-electron chi connectivity index (χ4n) is 3.41. The number of hydrogen-bond donors (Lipinski definition) is 2. The lowest BCUT2D eigenvalue weighted by Gasteiger charge is -2.13. The molecule has 4 rings (SSSR count). The average molecular weight is 447 g/mol. The van der Waals surface area contributed by atoms with Crippen LogP contribution in [0.15, 0.2) is 94.5 Å². The van der Waals surface area contributed by atoms with Gasteiger partial charge in [-0.25, -0.2) is 4.79 Å². The van der Waals surface area contributed by atoms with Crippen LogP contribution < -0.4 is 0 Å². The predicted molar refractivity (Wildman–Crippen MR) is 120 cm³/mol. The third-order valence-corrected chi connectivity index (χ3v) is 5.50. The molecule has 29 heavy (non-hydrogen) atoms. The molecule has 0 saturated heterocycles. The van der Waals surface area contributed by atoms with Gasteiger partial charge >= 0.3 is 5.97 Å². The van der Waals surface area contributed by atoms with Gasteiger partial charge in [-0.15, -0.1) is 0 Å². The number of H-pyrrole nitrogens is 1. The SMILES string of the molecule is O=C(O)[C@H](Cc1c(Br)[nH]c2ccccc12)N=C(c1ccccc1)c1ccccc1. The first-order chi connectivity index (χ1) is 14.1. The molecule has 0 amide bonds. The Bertz CT molecular complexity index is 1130. The zero-order valence-electron chi connectivity index (χ0n) is 15.5. The highest BCUT2D eigenvalue weighted by Gasteiger charge is 2.22. The minimum absolute atomic E-state index is 0.281. The summed E-state index contributed by atoms with van der Waals surface area (Å²) in [6, 6.07) is 26.3. The molecule has 0 aliphatic carbocycles. The van der Waals surface area contributed by atoms with Crippen LogP contribution in [0.25, 0.3) is 10.9 Å². The lowest BCUT2D eigenvalue weighted by molar-refractivity contribution is -0.138. The summed E-state index contributed by atoms with van der Waals surface area (Å²) in [4.78, 5) is 20.1. The molecule has 2 N–H and O–H groups in total. The second-order valence-corrected chi connectivity index (χ2v) is 7.52. The third-order valence-electron chi connectivity index (χ3n) is 4.82. The molecule has 1 atom stereocenters. The number of fused-ring (bicyclic) bond motifs is 1. The van der Waals surface area contributed by atoms with Crippen LogP contribution in [0.1, 0.15) is 16.7 Å². The standard InChI is InChI=1S/C24H19BrN2O2/c25-23-19(18-13-7-8-14-20(18)27-23)15-21(24(28)29)26-22(16-9-3-1-4-10-16)17-11-5-2-6-12-17/h1-14,21,27H,15H2,(H,28,29)/t21-/m0/s1. The zero-order valence-corrected chi connectivity index (χ0v) is 17.1. The smallest absolute Gasteiger partial charge is 0.328 e. The number of aliphatic carboxylic acids is 1. The monoisotopic (exact) mass is 446 g/mol. The van der Waals surface area contributed by atoms with Gasteiger partial charge in [0.2, 0.25) is 0 Å². The van der Waals surface area contributed by atoms with E-state index in [1.54, 1.807) is 0 Å². The highest BCUT2D eigenvalue weighted by atomic mass is 79.9. The lowest BCUT2D eigenvalue weighted by Crippen LogP contribution is -2.23. The van der Waals surface area contributed by atoms with E-state index in [2.05, 4.69) is 20.9 Å². The molecule has 0 fully saturated rings. The van der Waals surface area contributed by atoms with Crippen molar-refractivity contribution in [2.24, 2.45) is 4.99 Å². The molecule has 0 aliphatic heterocycles. The zero-order chi connectivity index (χ0) is 20.2. The molecule has 1 heterocycles. The predicted octanol–water partition coefficient (Wildman–Crippen LogP) is 5.46. The maximum Gasteiger partial charge on any atom is 0.328 e. The van der Waals surface area contributed by atoms with Crippen molar-refractivity contribution in [1.82, 2.24) is 4.98 Å². The molecule has 144 valence electrons. The number of aliphatic imine (C=N–C) groups is 1. The summed E-state index contributed by atoms with van der Waals surface area (Å²) >= 11 is 3.55. The second kappa shape index (κ2) is 8.45. The van der Waals surface area contributed by atoms with Crippen LogP contribution in [0.5, 0.6) is 0 Å². The number of carboxylic acid groups (broad SMARTS) is 1. The Morgan fingerprint density at radius 2 is 1.45 bits per heavy atom. The molecule has 0 spiro atoms. The van der Waals surface area contributed by atoms with Crippen LogP contribution in [0.2, 0.25) is 0 Å². The number of benzene rings is 3. The van der Waals surface area contributed by atoms with Gasteiger partial charge < -0.3 is 10.1 Å². The number of hydrogen-bond acceptors (Lipinski definition) is 2. The van der Waals surface area contributed by atoms with E-state index in [1.165, 1.54) is 0 Å². The maximum atomic E-state index is 12.1. The molecule has 0 bridgehead atoms. The van der Waals surface area contributed by atoms with E-state index in [0.717, 1.165) is 32.2 Å². The van der Waals surface area contributed by atoms with Gasteiger partial charge in [-0.2, -0.15) is 0 Å². The van der Waals surface area contributed by atoms with Gasteiger partial charge in [-0.05, 0) is 27.6 Å². The van der Waals surface area contributed by atoms with Gasteiger partial charge in [0.25, 0.3) is 0 Å². The molecule has 4 nitrogen and oxygen atoms in total. The summed E-state index contributed by atoms with van der Waals surface area (Å²) in [7, 11) is 0. The summed E-state index contributed by atoms with van der Waals surface area (Å²) in [5.74, 6) is -0.952. The van der Waals surface area contributed by atoms with Crippen molar-refractivity contribution < 1.29 is 9.90 Å². The first-order valence-electron chi connectivity index (χ1n) is 9.30. The Morgan fingerprint density at radius 1 is 0.897 bits per heavy atom. The maximum absolute atomic E-state index is 12.1. The highest BCUT2D eigenvalue weighted by molar-refractivity contribution is 9.10. The van der Waals surface area contributed by atoms with Crippen molar-refractivity contribution in [2.45, 2.75) is 12.5 Å². The van der Waals surface area contributed by atoms with E-state index >= 15 is 0 Å². The first kappa shape index (κ1) is 19.2. The lowest BCUT2D eigenvalue weighted by atomic mass is 10.0. The number of nitrogens with one attached hydrogen (secondary N) is 1. The molecule has 0 unspecified atom stereocenters. The second-order valence-electron chi connectivity index (χ2n) is 6.73. The molecule has 5 heteroatoms. The number of halogens is 1. The van der Waals surface area contributed by atoms with Crippen LogP contribution in [0.3, 0.4) is 0 Å². The highest BCUT2D eigenvalue weighted by Crippen LogP contribution is 2.28. The van der Waals surface area contributed by atoms with Gasteiger partial charge in [-0.1, -0.05) is 78.9 Å². The van der Waals surface area contributed by atoms with Crippen molar-refractivity contribution in [3.05, 3.63) is 106 Å². The number of carbonyl (C=O) groups is 1. The van der Waals surface area contributed by atoms with E-state index in [4.69, 9.17) is 4.99 Å². The van der Waals surface area contributed by atoms with Crippen molar-refractivity contribution >= 4 is 38.5 Å². The number of nitrogens with zero attached hydrogens (tertiary/aromatic N) is 1. The molecule has 0 aliphatic rings. The van der Waals surface area contributed by atoms with E-state index in [1.807, 2.05) is 84.9 Å². The van der Waals surface area contributed by atoms with Crippen molar-refractivity contribution in [3.8, 4) is 0 Å². The number of para-hydroxylation sites is 1. The summed E-state index contributed by atoms with van der Waals surface area (Å²) in [6.07, 6.45) is 0.281. The molecule has 3 aromatic carbocycles. The third kappa shape index (κ3) is 4.15. The minimum Gasteiger partial charge on any atom is -0.480 e. The van der Waals surface area contributed by atoms with E-state index < -0.39 is 12.0 Å². The number of rotatable bonds is 6. The van der Waals surface area contributed by atoms with Crippen LogP contribution in [0, 0.1) is 0 Å². The largest absolute Gasteiger partial charge is 0.480 e. The Hall–Kier alpha value is -3.18. The Kier molecular flexibility index (Phi) is 5.58. The molecular weight excluding hydrogens is 428 g/mol. The van der Waals surface area contributed by atoms with Gasteiger partial charge in [0, 0.05) is 28.5 Å². The van der Waals surface area contributed by atoms with Crippen LogP contribution in [-0.4, -0.2) is 27.8 Å². The number of aromatic amines is 1. The normalized spacial score (nSPS) is 11.9. The molecular formula is C24H19BrN2O2. The Balaban J connectivity index is 1.79. The minimum atomic E-state index is -0.952. The summed E-state index contributed by atoms with van der Waals surface area (Å²) in [5, 5.41) is 10.9. The van der Waals surface area contributed by atoms with E-state index in [0.29, 0.717) is 5.71 Å². The van der Waals surface area contributed by atoms with Crippen molar-refractivity contribution in [2.75, 3.05) is 0 Å². The van der Waals surface area contributed by atoms with E-state index in [9.17, 15) is 9.90 Å². The van der Waals surface area contributed by atoms with Crippen molar-refractivity contribution in [1.29, 1.82) is 0 Å². The Morgan fingerprint density at radius 3 is 2.03 bits per heavy atom. The summed E-state index contributed by atoms with van der Waals surface area (Å²) in [5.41, 5.74) is 4.34.